The Morgan fingerprint density at radius 3 is 2.41 bits per heavy atom. The van der Waals surface area contributed by atoms with Gasteiger partial charge in [0.05, 0.1) is 17.9 Å². The van der Waals surface area contributed by atoms with Gasteiger partial charge in [0, 0.05) is 12.6 Å². The fourth-order valence-corrected chi connectivity index (χ4v) is 5.09. The second-order valence-electron chi connectivity index (χ2n) is 6.55. The molecule has 1 fully saturated rings. The fourth-order valence-electron chi connectivity index (χ4n) is 3.16. The Bertz CT molecular complexity index is 929. The summed E-state index contributed by atoms with van der Waals surface area (Å²) in [5.41, 5.74) is 1.39. The number of nitrogens with one attached hydrogen (secondary N) is 1. The second-order valence-corrected chi connectivity index (χ2v) is 8.28. The van der Waals surface area contributed by atoms with E-state index in [2.05, 4.69) is 5.32 Å². The van der Waals surface area contributed by atoms with Gasteiger partial charge in [-0.1, -0.05) is 30.3 Å². The van der Waals surface area contributed by atoms with Crippen LogP contribution in [0, 0.1) is 0 Å². The largest absolute Gasteiger partial charge is 0.484 e. The van der Waals surface area contributed by atoms with Crippen LogP contribution in [0.2, 0.25) is 0 Å². The Hall–Kier alpha value is -2.74. The van der Waals surface area contributed by atoms with E-state index >= 15 is 0 Å². The minimum absolute atomic E-state index is 0.0509. The van der Waals surface area contributed by atoms with Gasteiger partial charge in [0.25, 0.3) is 5.91 Å². The van der Waals surface area contributed by atoms with Crippen LogP contribution in [0.4, 0.5) is 11.4 Å². The molecule has 0 atom stereocenters. The maximum Gasteiger partial charge on any atom is 0.326 e. The van der Waals surface area contributed by atoms with Crippen LogP contribution in [0.1, 0.15) is 12.8 Å². The van der Waals surface area contributed by atoms with Gasteiger partial charge in [-0.2, -0.15) is 8.42 Å². The van der Waals surface area contributed by atoms with Gasteiger partial charge in [-0.15, -0.1) is 0 Å². The molecule has 27 heavy (non-hydrogen) atoms. The van der Waals surface area contributed by atoms with Crippen LogP contribution in [0.5, 0.6) is 5.75 Å². The lowest BCUT2D eigenvalue weighted by molar-refractivity contribution is -0.123. The van der Waals surface area contributed by atoms with Crippen molar-refractivity contribution in [2.24, 2.45) is 0 Å². The van der Waals surface area contributed by atoms with Crippen molar-refractivity contribution in [1.29, 1.82) is 0 Å². The Labute approximate surface area is 158 Å². The molecule has 2 aromatic rings. The molecule has 0 aromatic heterocycles. The third kappa shape index (κ3) is 3.57. The van der Waals surface area contributed by atoms with Crippen molar-refractivity contribution in [1.82, 2.24) is 5.32 Å². The molecule has 0 radical (unpaired) electrons. The van der Waals surface area contributed by atoms with Gasteiger partial charge in [0.1, 0.15) is 5.75 Å². The Morgan fingerprint density at radius 2 is 1.70 bits per heavy atom. The van der Waals surface area contributed by atoms with Gasteiger partial charge in [0.2, 0.25) is 0 Å². The van der Waals surface area contributed by atoms with E-state index in [-0.39, 0.29) is 31.6 Å². The lowest BCUT2D eigenvalue weighted by Crippen LogP contribution is -2.43. The first-order valence-corrected chi connectivity index (χ1v) is 10.3. The van der Waals surface area contributed by atoms with E-state index in [9.17, 15) is 13.2 Å². The average Bonchev–Trinajstić information content (AvgIpc) is 3.46. The number of nitrogens with zero attached hydrogens (tertiary/aromatic N) is 2. The summed E-state index contributed by atoms with van der Waals surface area (Å²) in [5, 5.41) is 2.72. The number of ether oxygens (including phenoxy) is 1. The fraction of sp³-hybridized carbons (Fsp3) is 0.316. The molecule has 2 aromatic carbocycles. The van der Waals surface area contributed by atoms with Crippen molar-refractivity contribution in [2.45, 2.75) is 18.9 Å². The molecule has 1 aliphatic carbocycles. The molecule has 142 valence electrons. The van der Waals surface area contributed by atoms with Gasteiger partial charge >= 0.3 is 10.2 Å². The van der Waals surface area contributed by atoms with Crippen LogP contribution in [0.25, 0.3) is 0 Å². The summed E-state index contributed by atoms with van der Waals surface area (Å²) in [6.07, 6.45) is 1.77. The molecule has 1 aliphatic heterocycles. The molecule has 0 spiro atoms. The van der Waals surface area contributed by atoms with Gasteiger partial charge in [-0.25, -0.2) is 8.61 Å². The van der Waals surface area contributed by atoms with E-state index < -0.39 is 10.2 Å². The SMILES string of the molecule is O=C(COc1ccccc1)NCCN1c2ccccc2N(C2CC2)S1(=O)=O. The van der Waals surface area contributed by atoms with Crippen LogP contribution in [-0.2, 0) is 15.0 Å². The van der Waals surface area contributed by atoms with E-state index in [0.717, 1.165) is 18.5 Å². The van der Waals surface area contributed by atoms with Gasteiger partial charge in [0.15, 0.2) is 6.61 Å². The van der Waals surface area contributed by atoms with Crippen LogP contribution >= 0.6 is 0 Å². The van der Waals surface area contributed by atoms with Crippen molar-refractivity contribution in [3.8, 4) is 5.75 Å². The number of carbonyl (C=O) groups is 1. The van der Waals surface area contributed by atoms with Crippen LogP contribution in [-0.4, -0.2) is 40.1 Å². The molecule has 2 aliphatic rings. The molecular formula is C19H21N3O4S. The zero-order valence-corrected chi connectivity index (χ0v) is 15.6. The Morgan fingerprint density at radius 1 is 1.04 bits per heavy atom. The number of hydrogen-bond donors (Lipinski definition) is 1. The highest BCUT2D eigenvalue weighted by Crippen LogP contribution is 2.46. The number of carbonyl (C=O) groups excluding carboxylic acids is 1. The molecule has 8 heteroatoms. The predicted molar refractivity (Wildman–Crippen MR) is 103 cm³/mol. The monoisotopic (exact) mass is 387 g/mol. The highest BCUT2D eigenvalue weighted by atomic mass is 32.2. The van der Waals surface area contributed by atoms with Crippen LogP contribution in [0.15, 0.2) is 54.6 Å². The number of amides is 1. The number of fused-ring (bicyclic) bond motifs is 1. The number of anilines is 2. The number of benzene rings is 2. The van der Waals surface area contributed by atoms with E-state index in [1.807, 2.05) is 36.4 Å². The van der Waals surface area contributed by atoms with E-state index in [1.54, 1.807) is 18.2 Å². The lowest BCUT2D eigenvalue weighted by atomic mass is 10.2. The highest BCUT2D eigenvalue weighted by molar-refractivity contribution is 7.94. The molecule has 1 heterocycles. The molecular weight excluding hydrogens is 366 g/mol. The minimum Gasteiger partial charge on any atom is -0.484 e. The topological polar surface area (TPSA) is 79.0 Å². The normalized spacial score (nSPS) is 17.5. The third-order valence-corrected chi connectivity index (χ3v) is 6.47. The Balaban J connectivity index is 1.36. The van der Waals surface area contributed by atoms with Crippen LogP contribution < -0.4 is 18.7 Å². The number of rotatable bonds is 7. The first-order chi connectivity index (χ1) is 13.1. The summed E-state index contributed by atoms with van der Waals surface area (Å²) >= 11 is 0. The van der Waals surface area contributed by atoms with E-state index in [1.165, 1.54) is 8.61 Å². The summed E-state index contributed by atoms with van der Waals surface area (Å²) in [6.45, 7) is 0.282. The van der Waals surface area contributed by atoms with Crippen LogP contribution in [0.3, 0.4) is 0 Å². The van der Waals surface area contributed by atoms with Crippen molar-refractivity contribution in [3.63, 3.8) is 0 Å². The van der Waals surface area contributed by atoms with Crippen molar-refractivity contribution >= 4 is 27.5 Å². The molecule has 0 unspecified atom stereocenters. The van der Waals surface area contributed by atoms with Crippen molar-refractivity contribution < 1.29 is 17.9 Å². The summed E-state index contributed by atoms with van der Waals surface area (Å²) in [6, 6.07) is 16.4. The minimum atomic E-state index is -3.59. The van der Waals surface area contributed by atoms with Gasteiger partial charge < -0.3 is 10.1 Å². The maximum absolute atomic E-state index is 12.9. The van der Waals surface area contributed by atoms with Gasteiger partial charge in [-0.3, -0.25) is 4.79 Å². The first kappa shape index (κ1) is 17.7. The molecule has 7 nitrogen and oxygen atoms in total. The van der Waals surface area contributed by atoms with E-state index in [0.29, 0.717) is 11.4 Å². The van der Waals surface area contributed by atoms with Crippen molar-refractivity contribution in [3.05, 3.63) is 54.6 Å². The molecule has 1 saturated carbocycles. The third-order valence-electron chi connectivity index (χ3n) is 4.54. The van der Waals surface area contributed by atoms with Gasteiger partial charge in [-0.05, 0) is 37.1 Å². The molecule has 1 amide bonds. The summed E-state index contributed by atoms with van der Waals surface area (Å²) in [4.78, 5) is 12.0. The number of para-hydroxylation sites is 3. The number of hydrogen-bond acceptors (Lipinski definition) is 4. The summed E-state index contributed by atoms with van der Waals surface area (Å²) in [7, 11) is -3.59. The molecule has 0 bridgehead atoms. The standard InChI is InChI=1S/C19H21N3O4S/c23-19(14-26-16-6-2-1-3-7-16)20-12-13-21-17-8-4-5-9-18(17)22(15-10-11-15)27(21,24)25/h1-9,15H,10-14H2,(H,20,23). The zero-order valence-electron chi connectivity index (χ0n) is 14.7. The second kappa shape index (κ2) is 7.11. The average molecular weight is 387 g/mol. The zero-order chi connectivity index (χ0) is 18.9. The summed E-state index contributed by atoms with van der Waals surface area (Å²) in [5.74, 6) is 0.326. The molecule has 4 rings (SSSR count). The smallest absolute Gasteiger partial charge is 0.326 e. The lowest BCUT2D eigenvalue weighted by Gasteiger charge is -2.21. The molecule has 0 saturated heterocycles. The maximum atomic E-state index is 12.9. The first-order valence-electron chi connectivity index (χ1n) is 8.93. The van der Waals surface area contributed by atoms with Crippen molar-refractivity contribution in [2.75, 3.05) is 28.3 Å². The highest BCUT2D eigenvalue weighted by Gasteiger charge is 2.47. The predicted octanol–water partition coefficient (Wildman–Crippen LogP) is 1.92. The van der Waals surface area contributed by atoms with E-state index in [4.69, 9.17) is 4.74 Å². The quantitative estimate of drug-likeness (QED) is 0.787. The Kier molecular flexibility index (Phi) is 4.65. The summed E-state index contributed by atoms with van der Waals surface area (Å²) < 4.78 is 34.1. The molecule has 1 N–H and O–H groups in total.